The van der Waals surface area contributed by atoms with Crippen LogP contribution in [0.5, 0.6) is 0 Å². The number of amides is 1. The number of carbonyl (C=O) groups excluding carboxylic acids is 1. The molecular weight excluding hydrogens is 414 g/mol. The van der Waals surface area contributed by atoms with Crippen LogP contribution in [0.3, 0.4) is 0 Å². The fourth-order valence-corrected chi connectivity index (χ4v) is 3.49. The van der Waals surface area contributed by atoms with Crippen LogP contribution in [-0.2, 0) is 10.4 Å². The lowest BCUT2D eigenvalue weighted by Gasteiger charge is -2.16. The number of pyridine rings is 1. The third kappa shape index (κ3) is 3.38. The van der Waals surface area contributed by atoms with E-state index in [0.717, 1.165) is 0 Å². The highest BCUT2D eigenvalue weighted by atomic mass is 16.5. The van der Waals surface area contributed by atoms with Crippen molar-refractivity contribution in [3.8, 4) is 22.8 Å². The van der Waals surface area contributed by atoms with Crippen molar-refractivity contribution in [1.29, 1.82) is 0 Å². The summed E-state index contributed by atoms with van der Waals surface area (Å²) in [6.45, 7) is 2.25. The molecule has 1 fully saturated rings. The lowest BCUT2D eigenvalue weighted by Crippen LogP contribution is -2.35. The highest BCUT2D eigenvalue weighted by molar-refractivity contribution is 5.87. The quantitative estimate of drug-likeness (QED) is 0.481. The van der Waals surface area contributed by atoms with Gasteiger partial charge in [-0.05, 0) is 25.1 Å². The van der Waals surface area contributed by atoms with Gasteiger partial charge in [0.15, 0.2) is 5.76 Å². The van der Waals surface area contributed by atoms with Crippen LogP contribution in [0.1, 0.15) is 17.9 Å². The number of anilines is 2. The van der Waals surface area contributed by atoms with Gasteiger partial charge in [-0.1, -0.05) is 16.4 Å². The van der Waals surface area contributed by atoms with Gasteiger partial charge in [-0.25, -0.2) is 15.0 Å². The van der Waals surface area contributed by atoms with Crippen molar-refractivity contribution in [3.05, 3.63) is 54.2 Å². The number of aliphatic hydroxyl groups is 1. The SMILES string of the molecule is Cc1nocc1Nc1nccc(-c2cccc(-c3cc([C@]4(O)CCN(C)C4=O)on3)n2)n1. The molecule has 0 bridgehead atoms. The molecule has 1 aliphatic heterocycles. The van der Waals surface area contributed by atoms with Gasteiger partial charge in [-0.2, -0.15) is 0 Å². The predicted octanol–water partition coefficient (Wildman–Crippen LogP) is 2.28. The van der Waals surface area contributed by atoms with E-state index in [-0.39, 0.29) is 12.2 Å². The van der Waals surface area contributed by atoms with E-state index in [9.17, 15) is 9.90 Å². The summed E-state index contributed by atoms with van der Waals surface area (Å²) in [4.78, 5) is 27.1. The fraction of sp³-hybridized carbons (Fsp3) is 0.238. The molecule has 5 heterocycles. The number of rotatable bonds is 5. The van der Waals surface area contributed by atoms with Crippen molar-refractivity contribution in [1.82, 2.24) is 30.2 Å². The van der Waals surface area contributed by atoms with E-state index in [0.29, 0.717) is 46.7 Å². The van der Waals surface area contributed by atoms with Crippen molar-refractivity contribution in [2.75, 3.05) is 18.9 Å². The Morgan fingerprint density at radius 3 is 2.62 bits per heavy atom. The Morgan fingerprint density at radius 1 is 1.12 bits per heavy atom. The Morgan fingerprint density at radius 2 is 1.91 bits per heavy atom. The molecule has 1 aliphatic rings. The largest absolute Gasteiger partial charge is 0.373 e. The van der Waals surface area contributed by atoms with Crippen LogP contribution in [0, 0.1) is 6.92 Å². The normalized spacial score (nSPS) is 18.3. The number of carbonyl (C=O) groups is 1. The van der Waals surface area contributed by atoms with E-state index in [1.165, 1.54) is 11.2 Å². The Balaban J connectivity index is 1.43. The molecule has 0 aromatic carbocycles. The van der Waals surface area contributed by atoms with Crippen LogP contribution in [0.25, 0.3) is 22.8 Å². The second-order valence-corrected chi connectivity index (χ2v) is 7.53. The van der Waals surface area contributed by atoms with E-state index in [2.05, 4.69) is 30.6 Å². The number of aromatic nitrogens is 5. The number of nitrogens with one attached hydrogen (secondary N) is 1. The Bertz CT molecular complexity index is 1300. The maximum Gasteiger partial charge on any atom is 0.262 e. The van der Waals surface area contributed by atoms with Crippen LogP contribution in [0.4, 0.5) is 11.6 Å². The van der Waals surface area contributed by atoms with Gasteiger partial charge in [0.05, 0.1) is 17.1 Å². The summed E-state index contributed by atoms with van der Waals surface area (Å²) in [7, 11) is 1.64. The molecular formula is C21H19N7O4. The average Bonchev–Trinajstić information content (AvgIpc) is 3.52. The molecule has 162 valence electrons. The molecule has 1 atom stereocenters. The Labute approximate surface area is 182 Å². The summed E-state index contributed by atoms with van der Waals surface area (Å²) in [5, 5.41) is 21.7. The molecule has 0 saturated carbocycles. The van der Waals surface area contributed by atoms with Crippen LogP contribution in [-0.4, -0.2) is 54.8 Å². The van der Waals surface area contributed by atoms with Gasteiger partial charge in [-0.15, -0.1) is 0 Å². The molecule has 32 heavy (non-hydrogen) atoms. The minimum Gasteiger partial charge on any atom is -0.373 e. The van der Waals surface area contributed by atoms with E-state index < -0.39 is 11.5 Å². The molecule has 4 aromatic rings. The van der Waals surface area contributed by atoms with Gasteiger partial charge < -0.3 is 24.4 Å². The van der Waals surface area contributed by atoms with E-state index in [4.69, 9.17) is 9.05 Å². The van der Waals surface area contributed by atoms with Gasteiger partial charge in [0.25, 0.3) is 5.91 Å². The predicted molar refractivity (Wildman–Crippen MR) is 111 cm³/mol. The first-order valence-corrected chi connectivity index (χ1v) is 9.88. The monoisotopic (exact) mass is 433 g/mol. The molecule has 0 unspecified atom stereocenters. The maximum absolute atomic E-state index is 12.3. The minimum absolute atomic E-state index is 0.103. The lowest BCUT2D eigenvalue weighted by atomic mass is 9.98. The molecule has 0 radical (unpaired) electrons. The second-order valence-electron chi connectivity index (χ2n) is 7.53. The number of likely N-dealkylation sites (tertiary alicyclic amines) is 1. The van der Waals surface area contributed by atoms with Crippen LogP contribution in [0.2, 0.25) is 0 Å². The second kappa shape index (κ2) is 7.54. The standard InChI is InChI=1S/C21H19N7O4/c1-12-17(11-31-26-12)25-20-22-8-6-15(24-20)13-4-3-5-14(23-13)16-10-18(32-27-16)21(30)7-9-28(2)19(21)29/h3-6,8,10-11,30H,7,9H2,1-2H3,(H,22,24,25)/t21-/m1/s1. The number of nitrogens with zero attached hydrogens (tertiary/aromatic N) is 6. The first kappa shape index (κ1) is 19.8. The fourth-order valence-electron chi connectivity index (χ4n) is 3.49. The number of hydrogen-bond donors (Lipinski definition) is 2. The van der Waals surface area contributed by atoms with Crippen LogP contribution in [0.15, 0.2) is 51.8 Å². The van der Waals surface area contributed by atoms with Crippen molar-refractivity contribution >= 4 is 17.5 Å². The molecule has 0 aliphatic carbocycles. The molecule has 11 nitrogen and oxygen atoms in total. The van der Waals surface area contributed by atoms with E-state index >= 15 is 0 Å². The zero-order valence-corrected chi connectivity index (χ0v) is 17.3. The van der Waals surface area contributed by atoms with E-state index in [1.54, 1.807) is 38.4 Å². The van der Waals surface area contributed by atoms with Gasteiger partial charge in [0, 0.05) is 32.3 Å². The zero-order valence-electron chi connectivity index (χ0n) is 17.3. The highest BCUT2D eigenvalue weighted by Gasteiger charge is 2.48. The van der Waals surface area contributed by atoms with Gasteiger partial charge in [0.1, 0.15) is 23.3 Å². The molecule has 1 saturated heterocycles. The molecule has 4 aromatic heterocycles. The van der Waals surface area contributed by atoms with Gasteiger partial charge in [-0.3, -0.25) is 4.79 Å². The summed E-state index contributed by atoms with van der Waals surface area (Å²) in [5.74, 6) is 0.0634. The molecule has 0 spiro atoms. The molecule has 2 N–H and O–H groups in total. The van der Waals surface area contributed by atoms with Crippen molar-refractivity contribution in [3.63, 3.8) is 0 Å². The first-order chi connectivity index (χ1) is 15.4. The zero-order chi connectivity index (χ0) is 22.3. The maximum atomic E-state index is 12.3. The first-order valence-electron chi connectivity index (χ1n) is 9.88. The molecule has 1 amide bonds. The summed E-state index contributed by atoms with van der Waals surface area (Å²) >= 11 is 0. The summed E-state index contributed by atoms with van der Waals surface area (Å²) in [6, 6.07) is 8.67. The third-order valence-electron chi connectivity index (χ3n) is 5.35. The van der Waals surface area contributed by atoms with Crippen LogP contribution < -0.4 is 5.32 Å². The van der Waals surface area contributed by atoms with Crippen LogP contribution >= 0.6 is 0 Å². The van der Waals surface area contributed by atoms with Gasteiger partial charge >= 0.3 is 0 Å². The smallest absolute Gasteiger partial charge is 0.262 e. The highest BCUT2D eigenvalue weighted by Crippen LogP contribution is 2.34. The van der Waals surface area contributed by atoms with E-state index in [1.807, 2.05) is 12.1 Å². The van der Waals surface area contributed by atoms with Crippen molar-refractivity contribution in [2.24, 2.45) is 0 Å². The third-order valence-corrected chi connectivity index (χ3v) is 5.35. The molecule has 11 heteroatoms. The minimum atomic E-state index is -1.70. The number of aryl methyl sites for hydroxylation is 1. The van der Waals surface area contributed by atoms with Crippen molar-refractivity contribution in [2.45, 2.75) is 18.9 Å². The number of hydrogen-bond acceptors (Lipinski definition) is 10. The molecule has 5 rings (SSSR count). The van der Waals surface area contributed by atoms with Gasteiger partial charge in [0.2, 0.25) is 11.5 Å². The summed E-state index contributed by atoms with van der Waals surface area (Å²) in [5.41, 5.74) is 1.76. The summed E-state index contributed by atoms with van der Waals surface area (Å²) in [6.07, 6.45) is 3.34. The topological polar surface area (TPSA) is 143 Å². The summed E-state index contributed by atoms with van der Waals surface area (Å²) < 4.78 is 10.2. The Kier molecular flexibility index (Phi) is 4.67. The lowest BCUT2D eigenvalue weighted by molar-refractivity contribution is -0.144. The average molecular weight is 433 g/mol. The van der Waals surface area contributed by atoms with Crippen molar-refractivity contribution < 1.29 is 18.9 Å². The number of likely N-dealkylation sites (N-methyl/N-ethyl adjacent to an activating group) is 1. The Hall–Kier alpha value is -4.12.